The number of hydrogen-bond acceptors (Lipinski definition) is 4. The fraction of sp³-hybridized carbons (Fsp3) is 0.333. The Morgan fingerprint density at radius 2 is 1.80 bits per heavy atom. The third-order valence-electron chi connectivity index (χ3n) is 5.96. The van der Waals surface area contributed by atoms with Crippen LogP contribution in [0.5, 0.6) is 5.75 Å². The van der Waals surface area contributed by atoms with Gasteiger partial charge in [-0.3, -0.25) is 10.2 Å². The van der Waals surface area contributed by atoms with E-state index >= 15 is 0 Å². The second-order valence-corrected chi connectivity index (χ2v) is 8.76. The number of rotatable bonds is 6. The SMILES string of the molecule is C/C=C\C(C)C(=O)NN1CCCCC1.C=CCC1=C(C)Oc2ccccc2C(c2ccccc2)=N1. The number of allylic oxidation sites excluding steroid dienone is 3. The number of piperidine rings is 1. The van der Waals surface area contributed by atoms with Crippen LogP contribution >= 0.6 is 0 Å². The minimum absolute atomic E-state index is 0.0260. The van der Waals surface area contributed by atoms with Crippen LogP contribution in [-0.2, 0) is 4.79 Å². The van der Waals surface area contributed by atoms with Crippen LogP contribution in [0.15, 0.2) is 95.9 Å². The molecule has 2 aliphatic rings. The highest BCUT2D eigenvalue weighted by molar-refractivity contribution is 6.15. The third-order valence-corrected chi connectivity index (χ3v) is 5.96. The monoisotopic (exact) mass is 471 g/mol. The molecule has 1 fully saturated rings. The van der Waals surface area contributed by atoms with Crippen LogP contribution in [0, 0.1) is 5.92 Å². The standard InChI is InChI=1S/C19H17NO.C11H20N2O/c1-3-9-17-14(2)21-18-13-8-7-12-16(18)19(20-17)15-10-5-4-6-11-15;1-3-7-10(2)11(14)12-13-8-5-4-6-9-13/h3-8,10-13H,1,9H2,2H3;3,7,10H,4-6,8-9H2,1-2H3,(H,12,14)/b;7-3-. The van der Waals surface area contributed by atoms with Crippen molar-refractivity contribution in [3.63, 3.8) is 0 Å². The molecule has 1 atom stereocenters. The summed E-state index contributed by atoms with van der Waals surface area (Å²) in [6.45, 7) is 11.6. The number of fused-ring (bicyclic) bond motifs is 1. The summed E-state index contributed by atoms with van der Waals surface area (Å²) in [5.74, 6) is 1.75. The average Bonchev–Trinajstić information content (AvgIpc) is 3.02. The van der Waals surface area contributed by atoms with Gasteiger partial charge in [0.1, 0.15) is 11.5 Å². The van der Waals surface area contributed by atoms with Crippen molar-refractivity contribution in [2.24, 2.45) is 10.9 Å². The molecular weight excluding hydrogens is 434 g/mol. The van der Waals surface area contributed by atoms with Gasteiger partial charge in [0.05, 0.1) is 17.3 Å². The molecule has 0 bridgehead atoms. The Morgan fingerprint density at radius 1 is 1.11 bits per heavy atom. The van der Waals surface area contributed by atoms with Gasteiger partial charge in [0, 0.05) is 30.6 Å². The Labute approximate surface area is 209 Å². The smallest absolute Gasteiger partial charge is 0.240 e. The number of benzene rings is 2. The predicted octanol–water partition coefficient (Wildman–Crippen LogP) is 6.44. The summed E-state index contributed by atoms with van der Waals surface area (Å²) in [5, 5.41) is 2.03. The lowest BCUT2D eigenvalue weighted by Gasteiger charge is -2.27. The number of carbonyl (C=O) groups excluding carboxylic acids is 1. The fourth-order valence-corrected chi connectivity index (χ4v) is 4.03. The Kier molecular flexibility index (Phi) is 10.1. The van der Waals surface area contributed by atoms with Crippen molar-refractivity contribution in [1.82, 2.24) is 10.4 Å². The molecule has 1 unspecified atom stereocenters. The van der Waals surface area contributed by atoms with Crippen LogP contribution in [0.1, 0.15) is 57.6 Å². The number of nitrogens with zero attached hydrogens (tertiary/aromatic N) is 2. The molecular formula is C30H37N3O2. The normalized spacial score (nSPS) is 16.7. The molecule has 0 spiro atoms. The van der Waals surface area contributed by atoms with Crippen molar-refractivity contribution in [2.45, 2.75) is 46.5 Å². The second kappa shape index (κ2) is 13.4. The van der Waals surface area contributed by atoms with Gasteiger partial charge >= 0.3 is 0 Å². The van der Waals surface area contributed by atoms with Gasteiger partial charge in [-0.2, -0.15) is 0 Å². The molecule has 0 aromatic heterocycles. The first-order valence-electron chi connectivity index (χ1n) is 12.4. The summed E-state index contributed by atoms with van der Waals surface area (Å²) in [4.78, 5) is 16.5. The number of aliphatic imine (C=N–C) groups is 1. The molecule has 0 radical (unpaired) electrons. The van der Waals surface area contributed by atoms with Gasteiger partial charge in [0.25, 0.3) is 0 Å². The van der Waals surface area contributed by atoms with Crippen LogP contribution in [0.3, 0.4) is 0 Å². The quantitative estimate of drug-likeness (QED) is 0.493. The van der Waals surface area contributed by atoms with E-state index in [4.69, 9.17) is 9.73 Å². The highest BCUT2D eigenvalue weighted by atomic mass is 16.5. The molecule has 1 saturated heterocycles. The lowest BCUT2D eigenvalue weighted by atomic mass is 10.0. The van der Waals surface area contributed by atoms with E-state index in [1.54, 1.807) is 0 Å². The molecule has 2 heterocycles. The van der Waals surface area contributed by atoms with Crippen molar-refractivity contribution >= 4 is 11.6 Å². The number of ether oxygens (including phenoxy) is 1. The number of hydrazine groups is 1. The van der Waals surface area contributed by atoms with Crippen LogP contribution in [0.25, 0.3) is 0 Å². The Balaban J connectivity index is 0.000000214. The molecule has 0 aliphatic carbocycles. The van der Waals surface area contributed by atoms with Crippen molar-refractivity contribution in [2.75, 3.05) is 13.1 Å². The summed E-state index contributed by atoms with van der Waals surface area (Å²) >= 11 is 0. The van der Waals surface area contributed by atoms with Crippen LogP contribution in [0.4, 0.5) is 0 Å². The van der Waals surface area contributed by atoms with Gasteiger partial charge in [-0.1, -0.05) is 74.0 Å². The van der Waals surface area contributed by atoms with Crippen LogP contribution in [0.2, 0.25) is 0 Å². The van der Waals surface area contributed by atoms with Gasteiger partial charge in [-0.05, 0) is 38.8 Å². The van der Waals surface area contributed by atoms with E-state index in [-0.39, 0.29) is 11.8 Å². The molecule has 4 rings (SSSR count). The van der Waals surface area contributed by atoms with Crippen molar-refractivity contribution in [3.05, 3.63) is 102 Å². The topological polar surface area (TPSA) is 53.9 Å². The molecule has 2 aromatic carbocycles. The van der Waals surface area contributed by atoms with E-state index in [1.165, 1.54) is 19.3 Å². The Morgan fingerprint density at radius 3 is 2.49 bits per heavy atom. The summed E-state index contributed by atoms with van der Waals surface area (Å²) in [7, 11) is 0. The predicted molar refractivity (Wildman–Crippen MR) is 144 cm³/mol. The minimum atomic E-state index is -0.0260. The number of para-hydroxylation sites is 1. The second-order valence-electron chi connectivity index (χ2n) is 8.76. The first kappa shape index (κ1) is 26.2. The molecule has 0 saturated carbocycles. The van der Waals surface area contributed by atoms with Crippen molar-refractivity contribution < 1.29 is 9.53 Å². The number of amides is 1. The van der Waals surface area contributed by atoms with Gasteiger partial charge in [-0.15, -0.1) is 6.58 Å². The van der Waals surface area contributed by atoms with E-state index in [1.807, 2.05) is 86.5 Å². The maximum atomic E-state index is 11.6. The first-order chi connectivity index (χ1) is 17.0. The Hall–Kier alpha value is -3.44. The van der Waals surface area contributed by atoms with Crippen molar-refractivity contribution in [3.8, 4) is 5.75 Å². The summed E-state index contributed by atoms with van der Waals surface area (Å²) in [5.41, 5.74) is 6.91. The number of nitrogens with one attached hydrogen (secondary N) is 1. The van der Waals surface area contributed by atoms with E-state index in [0.29, 0.717) is 6.42 Å². The van der Waals surface area contributed by atoms with E-state index in [9.17, 15) is 4.79 Å². The zero-order valence-electron chi connectivity index (χ0n) is 21.2. The lowest BCUT2D eigenvalue weighted by molar-refractivity contribution is -0.128. The molecule has 5 heteroatoms. The Bertz CT molecular complexity index is 1080. The largest absolute Gasteiger partial charge is 0.459 e. The number of hydrogen-bond donors (Lipinski definition) is 1. The molecule has 1 N–H and O–H groups in total. The minimum Gasteiger partial charge on any atom is -0.459 e. The highest BCUT2D eigenvalue weighted by Gasteiger charge is 2.18. The van der Waals surface area contributed by atoms with Gasteiger partial charge < -0.3 is 4.74 Å². The summed E-state index contributed by atoms with van der Waals surface area (Å²) in [6.07, 6.45) is 10.0. The number of carbonyl (C=O) groups is 1. The maximum Gasteiger partial charge on any atom is 0.240 e. The zero-order valence-corrected chi connectivity index (χ0v) is 21.2. The highest BCUT2D eigenvalue weighted by Crippen LogP contribution is 2.30. The fourth-order valence-electron chi connectivity index (χ4n) is 4.03. The molecule has 2 aliphatic heterocycles. The molecule has 1 amide bonds. The van der Waals surface area contributed by atoms with Gasteiger partial charge in [0.15, 0.2) is 0 Å². The maximum absolute atomic E-state index is 11.6. The van der Waals surface area contributed by atoms with Gasteiger partial charge in [-0.25, -0.2) is 10.0 Å². The average molecular weight is 472 g/mol. The van der Waals surface area contributed by atoms with E-state index in [2.05, 4.69) is 24.1 Å². The van der Waals surface area contributed by atoms with E-state index in [0.717, 1.165) is 47.1 Å². The summed E-state index contributed by atoms with van der Waals surface area (Å²) in [6, 6.07) is 18.2. The zero-order chi connectivity index (χ0) is 25.0. The molecule has 2 aromatic rings. The van der Waals surface area contributed by atoms with Crippen LogP contribution < -0.4 is 10.2 Å². The third kappa shape index (κ3) is 7.52. The molecule has 35 heavy (non-hydrogen) atoms. The first-order valence-corrected chi connectivity index (χ1v) is 12.4. The van der Waals surface area contributed by atoms with E-state index < -0.39 is 0 Å². The van der Waals surface area contributed by atoms with Crippen molar-refractivity contribution in [1.29, 1.82) is 0 Å². The van der Waals surface area contributed by atoms with Gasteiger partial charge in [0.2, 0.25) is 5.91 Å². The summed E-state index contributed by atoms with van der Waals surface area (Å²) < 4.78 is 5.99. The molecule has 5 nitrogen and oxygen atoms in total. The molecule has 184 valence electrons. The van der Waals surface area contributed by atoms with Crippen LogP contribution in [-0.4, -0.2) is 29.7 Å². The lowest BCUT2D eigenvalue weighted by Crippen LogP contribution is -2.46.